The molecule has 1 aliphatic carbocycles. The lowest BCUT2D eigenvalue weighted by atomic mass is 9.94. The van der Waals surface area contributed by atoms with Crippen LogP contribution in [0.1, 0.15) is 48.3 Å². The molecule has 1 aromatic heterocycles. The van der Waals surface area contributed by atoms with Gasteiger partial charge in [0.05, 0.1) is 0 Å². The third-order valence-electron chi connectivity index (χ3n) is 4.53. The predicted molar refractivity (Wildman–Crippen MR) is 90.4 cm³/mol. The molecule has 0 atom stereocenters. The molecule has 5 heteroatoms. The number of anilines is 1. The Bertz CT molecular complexity index is 782. The number of carbonyl (C=O) groups is 1. The molecule has 1 saturated carbocycles. The summed E-state index contributed by atoms with van der Waals surface area (Å²) >= 11 is 0. The lowest BCUT2D eigenvalue weighted by molar-refractivity contribution is -0.105. The van der Waals surface area contributed by atoms with Crippen LogP contribution in [0.25, 0.3) is 0 Å². The average molecular weight is 324 g/mol. The van der Waals surface area contributed by atoms with Gasteiger partial charge in [-0.1, -0.05) is 12.5 Å². The molecule has 1 N–H and O–H groups in total. The van der Waals surface area contributed by atoms with Crippen LogP contribution in [-0.2, 0) is 0 Å². The number of amides is 1. The lowest BCUT2D eigenvalue weighted by Gasteiger charge is -2.31. The summed E-state index contributed by atoms with van der Waals surface area (Å²) in [4.78, 5) is 16.6. The highest BCUT2D eigenvalue weighted by molar-refractivity contribution is 6.03. The zero-order valence-corrected chi connectivity index (χ0v) is 13.7. The fraction of sp³-hybridized carbons (Fsp3) is 0.368. The van der Waals surface area contributed by atoms with E-state index in [-0.39, 0.29) is 5.91 Å². The van der Waals surface area contributed by atoms with Crippen LogP contribution in [0.4, 0.5) is 5.69 Å². The van der Waals surface area contributed by atoms with Crippen molar-refractivity contribution in [2.24, 2.45) is 0 Å². The number of carbonyl (C=O) groups excluding carboxylic acids is 1. The zero-order valence-electron chi connectivity index (χ0n) is 13.7. The quantitative estimate of drug-likeness (QED) is 0.904. The van der Waals surface area contributed by atoms with Gasteiger partial charge in [0.1, 0.15) is 5.69 Å². The van der Waals surface area contributed by atoms with E-state index >= 15 is 0 Å². The van der Waals surface area contributed by atoms with Crippen LogP contribution in [0.2, 0.25) is 0 Å². The number of aromatic nitrogens is 1. The Labute approximate surface area is 141 Å². The molecule has 0 unspecified atom stereocenters. The Balaban J connectivity index is 1.51. The van der Waals surface area contributed by atoms with Crippen LogP contribution in [0.5, 0.6) is 11.5 Å². The minimum atomic E-state index is -0.499. The van der Waals surface area contributed by atoms with Crippen molar-refractivity contribution in [2.75, 3.05) is 5.32 Å². The van der Waals surface area contributed by atoms with E-state index in [0.29, 0.717) is 17.1 Å². The van der Waals surface area contributed by atoms with Crippen LogP contribution in [0.3, 0.4) is 0 Å². The third-order valence-corrected chi connectivity index (χ3v) is 4.53. The number of hydrogen-bond donors (Lipinski definition) is 1. The van der Waals surface area contributed by atoms with Gasteiger partial charge >= 0.3 is 0 Å². The molecule has 1 aromatic carbocycles. The van der Waals surface area contributed by atoms with E-state index in [0.717, 1.165) is 37.1 Å². The normalized spacial score (nSPS) is 17.7. The summed E-state index contributed by atoms with van der Waals surface area (Å²) in [7, 11) is 0. The highest BCUT2D eigenvalue weighted by atomic mass is 16.7. The first kappa shape index (κ1) is 15.0. The number of hydrogen-bond acceptors (Lipinski definition) is 4. The van der Waals surface area contributed by atoms with E-state index in [4.69, 9.17) is 9.47 Å². The van der Waals surface area contributed by atoms with E-state index in [1.807, 2.05) is 37.3 Å². The maximum atomic E-state index is 12.3. The second-order valence-corrected chi connectivity index (χ2v) is 6.46. The lowest BCUT2D eigenvalue weighted by Crippen LogP contribution is -2.40. The van der Waals surface area contributed by atoms with Gasteiger partial charge in [-0.3, -0.25) is 4.79 Å². The summed E-state index contributed by atoms with van der Waals surface area (Å²) < 4.78 is 12.1. The molecule has 0 radical (unpaired) electrons. The van der Waals surface area contributed by atoms with Crippen LogP contribution < -0.4 is 14.8 Å². The second kappa shape index (κ2) is 5.82. The summed E-state index contributed by atoms with van der Waals surface area (Å²) in [6, 6.07) is 10.9. The first-order chi connectivity index (χ1) is 11.6. The first-order valence-corrected chi connectivity index (χ1v) is 8.41. The van der Waals surface area contributed by atoms with Crippen molar-refractivity contribution in [1.29, 1.82) is 0 Å². The molecule has 2 aliphatic rings. The molecular formula is C19H20N2O3. The monoisotopic (exact) mass is 324 g/mol. The summed E-state index contributed by atoms with van der Waals surface area (Å²) in [5.74, 6) is 0.724. The highest BCUT2D eigenvalue weighted by Gasteiger charge is 2.42. The predicted octanol–water partition coefficient (Wildman–Crippen LogP) is 4.07. The van der Waals surface area contributed by atoms with Crippen LogP contribution >= 0.6 is 0 Å². The number of rotatable bonds is 2. The van der Waals surface area contributed by atoms with Gasteiger partial charge in [-0.2, -0.15) is 0 Å². The second-order valence-electron chi connectivity index (χ2n) is 6.46. The SMILES string of the molecule is Cc1cccc(C(=O)Nc2ccc3c(c2)OC2(CCCCC2)O3)n1. The molecule has 4 rings (SSSR count). The van der Waals surface area contributed by atoms with Crippen LogP contribution in [0.15, 0.2) is 36.4 Å². The van der Waals surface area contributed by atoms with E-state index in [1.165, 1.54) is 6.42 Å². The van der Waals surface area contributed by atoms with Gasteiger partial charge in [-0.15, -0.1) is 0 Å². The number of pyridine rings is 1. The number of aryl methyl sites for hydroxylation is 1. The highest BCUT2D eigenvalue weighted by Crippen LogP contribution is 2.46. The maximum Gasteiger partial charge on any atom is 0.274 e. The third kappa shape index (κ3) is 2.82. The molecule has 1 aliphatic heterocycles. The summed E-state index contributed by atoms with van der Waals surface area (Å²) in [6.45, 7) is 1.86. The molecule has 1 spiro atoms. The van der Waals surface area contributed by atoms with Gasteiger partial charge in [0.25, 0.3) is 11.7 Å². The van der Waals surface area contributed by atoms with Gasteiger partial charge in [0.2, 0.25) is 0 Å². The van der Waals surface area contributed by atoms with E-state index in [1.54, 1.807) is 6.07 Å². The Morgan fingerprint density at radius 2 is 1.88 bits per heavy atom. The molecule has 124 valence electrons. The number of benzene rings is 1. The van der Waals surface area contributed by atoms with Crippen molar-refractivity contribution in [1.82, 2.24) is 4.98 Å². The molecule has 1 fully saturated rings. The van der Waals surface area contributed by atoms with Crippen molar-refractivity contribution in [3.63, 3.8) is 0 Å². The average Bonchev–Trinajstić information content (AvgIpc) is 2.92. The molecular weight excluding hydrogens is 304 g/mol. The first-order valence-electron chi connectivity index (χ1n) is 8.41. The zero-order chi connectivity index (χ0) is 16.6. The van der Waals surface area contributed by atoms with Crippen molar-refractivity contribution < 1.29 is 14.3 Å². The summed E-state index contributed by atoms with van der Waals surface area (Å²) in [5, 5.41) is 2.87. The van der Waals surface area contributed by atoms with Crippen molar-refractivity contribution in [3.05, 3.63) is 47.8 Å². The molecule has 24 heavy (non-hydrogen) atoms. The van der Waals surface area contributed by atoms with Crippen molar-refractivity contribution >= 4 is 11.6 Å². The van der Waals surface area contributed by atoms with Gasteiger partial charge < -0.3 is 14.8 Å². The fourth-order valence-electron chi connectivity index (χ4n) is 3.33. The van der Waals surface area contributed by atoms with Crippen LogP contribution in [0, 0.1) is 6.92 Å². The van der Waals surface area contributed by atoms with E-state index < -0.39 is 5.79 Å². The Kier molecular flexibility index (Phi) is 3.63. The van der Waals surface area contributed by atoms with Crippen molar-refractivity contribution in [2.45, 2.75) is 44.8 Å². The van der Waals surface area contributed by atoms with Crippen molar-refractivity contribution in [3.8, 4) is 11.5 Å². The fourth-order valence-corrected chi connectivity index (χ4v) is 3.33. The minimum Gasteiger partial charge on any atom is -0.448 e. The van der Waals surface area contributed by atoms with E-state index in [9.17, 15) is 4.79 Å². The molecule has 2 heterocycles. The molecule has 0 saturated heterocycles. The Morgan fingerprint density at radius 1 is 1.08 bits per heavy atom. The van der Waals surface area contributed by atoms with Crippen LogP contribution in [-0.4, -0.2) is 16.7 Å². The maximum absolute atomic E-state index is 12.3. The van der Waals surface area contributed by atoms with Gasteiger partial charge in [-0.05, 0) is 44.0 Å². The number of nitrogens with zero attached hydrogens (tertiary/aromatic N) is 1. The smallest absolute Gasteiger partial charge is 0.274 e. The van der Waals surface area contributed by atoms with Gasteiger partial charge in [0, 0.05) is 30.3 Å². The largest absolute Gasteiger partial charge is 0.448 e. The molecule has 2 aromatic rings. The number of nitrogens with one attached hydrogen (secondary N) is 1. The summed E-state index contributed by atoms with van der Waals surface area (Å²) in [5.41, 5.74) is 1.89. The van der Waals surface area contributed by atoms with Gasteiger partial charge in [-0.25, -0.2) is 4.98 Å². The summed E-state index contributed by atoms with van der Waals surface area (Å²) in [6.07, 6.45) is 5.30. The molecule has 5 nitrogen and oxygen atoms in total. The minimum absolute atomic E-state index is 0.232. The topological polar surface area (TPSA) is 60.5 Å². The number of ether oxygens (including phenoxy) is 2. The van der Waals surface area contributed by atoms with Gasteiger partial charge in [0.15, 0.2) is 11.5 Å². The molecule has 1 amide bonds. The standard InChI is InChI=1S/C19H20N2O3/c1-13-6-5-7-15(20-13)18(22)21-14-8-9-16-17(12-14)24-19(23-16)10-3-2-4-11-19/h5-9,12H,2-4,10-11H2,1H3,(H,21,22). The van der Waals surface area contributed by atoms with E-state index in [2.05, 4.69) is 10.3 Å². The number of fused-ring (bicyclic) bond motifs is 1. The Morgan fingerprint density at radius 3 is 2.67 bits per heavy atom. The molecule has 0 bridgehead atoms. The Hall–Kier alpha value is -2.56.